The van der Waals surface area contributed by atoms with Gasteiger partial charge in [0.2, 0.25) is 0 Å². The monoisotopic (exact) mass is 204 g/mol. The number of hydrogen-bond acceptors (Lipinski definition) is 4. The molecule has 0 radical (unpaired) electrons. The first-order valence-electron chi connectivity index (χ1n) is 4.68. The molecular formula is C10H12N4O. The first-order chi connectivity index (χ1) is 7.27. The number of benzene rings is 1. The highest BCUT2D eigenvalue weighted by molar-refractivity contribution is 6.10. The second-order valence-electron chi connectivity index (χ2n) is 3.30. The number of carbonyl (C=O) groups excluding carboxylic acids is 1. The molecule has 1 aromatic carbocycles. The summed E-state index contributed by atoms with van der Waals surface area (Å²) >= 11 is 0. The van der Waals surface area contributed by atoms with Crippen molar-refractivity contribution < 1.29 is 4.79 Å². The Balaban J connectivity index is 1.94. The summed E-state index contributed by atoms with van der Waals surface area (Å²) in [5, 5.41) is 3.83. The van der Waals surface area contributed by atoms with Gasteiger partial charge in [0.15, 0.2) is 0 Å². The molecule has 15 heavy (non-hydrogen) atoms. The highest BCUT2D eigenvalue weighted by Gasteiger charge is 2.26. The molecule has 0 aliphatic carbocycles. The summed E-state index contributed by atoms with van der Waals surface area (Å²) in [5.74, 6) is -0.143. The molecule has 1 atom stereocenters. The number of para-hydroxylation sites is 1. The predicted octanol–water partition coefficient (Wildman–Crippen LogP) is 0.477. The molecule has 0 bridgehead atoms. The fraction of sp³-hybridized carbons (Fsp3) is 0.200. The Morgan fingerprint density at radius 1 is 1.33 bits per heavy atom. The van der Waals surface area contributed by atoms with Gasteiger partial charge in [0.1, 0.15) is 6.04 Å². The minimum atomic E-state index is -0.398. The van der Waals surface area contributed by atoms with Gasteiger partial charge in [-0.3, -0.25) is 4.79 Å². The highest BCUT2D eigenvalue weighted by atomic mass is 16.2. The van der Waals surface area contributed by atoms with Gasteiger partial charge in [-0.05, 0) is 19.1 Å². The molecule has 1 heterocycles. The number of carbonyl (C=O) groups is 1. The third kappa shape index (κ3) is 2.13. The van der Waals surface area contributed by atoms with Gasteiger partial charge in [-0.1, -0.05) is 18.2 Å². The molecule has 0 spiro atoms. The normalized spacial score (nSPS) is 19.7. The number of amides is 1. The van der Waals surface area contributed by atoms with Crippen LogP contribution in [0.2, 0.25) is 0 Å². The molecule has 0 unspecified atom stereocenters. The van der Waals surface area contributed by atoms with Crippen LogP contribution in [0.25, 0.3) is 0 Å². The second kappa shape index (κ2) is 4.10. The minimum absolute atomic E-state index is 0.143. The second-order valence-corrected chi connectivity index (χ2v) is 3.30. The SMILES string of the molecule is CC1=NNC(=O)[C@@H]1NNc1ccccc1. The summed E-state index contributed by atoms with van der Waals surface area (Å²) in [6.45, 7) is 1.79. The fourth-order valence-corrected chi connectivity index (χ4v) is 1.31. The lowest BCUT2D eigenvalue weighted by Gasteiger charge is -2.12. The topological polar surface area (TPSA) is 65.5 Å². The van der Waals surface area contributed by atoms with Crippen molar-refractivity contribution in [3.63, 3.8) is 0 Å². The van der Waals surface area contributed by atoms with E-state index in [2.05, 4.69) is 21.4 Å². The van der Waals surface area contributed by atoms with Crippen molar-refractivity contribution in [2.75, 3.05) is 5.43 Å². The summed E-state index contributed by atoms with van der Waals surface area (Å²) < 4.78 is 0. The van der Waals surface area contributed by atoms with E-state index in [0.717, 1.165) is 11.4 Å². The zero-order valence-electron chi connectivity index (χ0n) is 8.32. The summed E-state index contributed by atoms with van der Waals surface area (Å²) in [6.07, 6.45) is 0. The van der Waals surface area contributed by atoms with Gasteiger partial charge in [-0.25, -0.2) is 10.9 Å². The van der Waals surface area contributed by atoms with Crippen molar-refractivity contribution in [1.82, 2.24) is 10.9 Å². The lowest BCUT2D eigenvalue weighted by molar-refractivity contribution is -0.120. The minimum Gasteiger partial charge on any atom is -0.320 e. The van der Waals surface area contributed by atoms with E-state index in [0.29, 0.717) is 0 Å². The van der Waals surface area contributed by atoms with Gasteiger partial charge in [0.05, 0.1) is 5.71 Å². The summed E-state index contributed by atoms with van der Waals surface area (Å²) in [5.41, 5.74) is 9.90. The van der Waals surface area contributed by atoms with E-state index in [9.17, 15) is 4.79 Å². The molecule has 1 aromatic rings. The predicted molar refractivity (Wildman–Crippen MR) is 58.2 cm³/mol. The van der Waals surface area contributed by atoms with Crippen LogP contribution >= 0.6 is 0 Å². The third-order valence-electron chi connectivity index (χ3n) is 2.16. The quantitative estimate of drug-likeness (QED) is 0.627. The molecular weight excluding hydrogens is 192 g/mol. The standard InChI is InChI=1S/C10H12N4O/c1-7-9(10(15)14-11-7)13-12-8-5-3-2-4-6-8/h2-6,9,12-13H,1H3,(H,14,15)/t9-/m1/s1. The Hall–Kier alpha value is -1.88. The van der Waals surface area contributed by atoms with E-state index in [1.165, 1.54) is 0 Å². The van der Waals surface area contributed by atoms with Crippen molar-refractivity contribution in [2.45, 2.75) is 13.0 Å². The van der Waals surface area contributed by atoms with Crippen LogP contribution in [0.3, 0.4) is 0 Å². The van der Waals surface area contributed by atoms with Crippen molar-refractivity contribution >= 4 is 17.3 Å². The molecule has 5 heteroatoms. The third-order valence-corrected chi connectivity index (χ3v) is 2.16. The van der Waals surface area contributed by atoms with Crippen LogP contribution in [0.5, 0.6) is 0 Å². The number of hydrogen-bond donors (Lipinski definition) is 3. The summed E-state index contributed by atoms with van der Waals surface area (Å²) in [7, 11) is 0. The summed E-state index contributed by atoms with van der Waals surface area (Å²) in [4.78, 5) is 11.3. The molecule has 3 N–H and O–H groups in total. The zero-order valence-corrected chi connectivity index (χ0v) is 8.32. The molecule has 78 valence electrons. The average Bonchev–Trinajstić information content (AvgIpc) is 2.58. The van der Waals surface area contributed by atoms with Gasteiger partial charge in [0.25, 0.3) is 5.91 Å². The lowest BCUT2D eigenvalue weighted by atomic mass is 10.2. The molecule has 0 fully saturated rings. The molecule has 5 nitrogen and oxygen atoms in total. The van der Waals surface area contributed by atoms with E-state index in [4.69, 9.17) is 0 Å². The van der Waals surface area contributed by atoms with Crippen LogP contribution in [0.15, 0.2) is 35.4 Å². The fourth-order valence-electron chi connectivity index (χ4n) is 1.31. The molecule has 0 saturated carbocycles. The van der Waals surface area contributed by atoms with E-state index < -0.39 is 6.04 Å². The van der Waals surface area contributed by atoms with Crippen molar-refractivity contribution in [2.24, 2.45) is 5.10 Å². The van der Waals surface area contributed by atoms with Crippen LogP contribution in [-0.2, 0) is 4.79 Å². The van der Waals surface area contributed by atoms with Crippen molar-refractivity contribution in [1.29, 1.82) is 0 Å². The van der Waals surface area contributed by atoms with Gasteiger partial charge in [-0.15, -0.1) is 0 Å². The van der Waals surface area contributed by atoms with Gasteiger partial charge < -0.3 is 5.43 Å². The number of anilines is 1. The Morgan fingerprint density at radius 3 is 2.67 bits per heavy atom. The Labute approximate surface area is 87.5 Å². The maximum atomic E-state index is 11.3. The summed E-state index contributed by atoms with van der Waals surface area (Å²) in [6, 6.07) is 9.18. The van der Waals surface area contributed by atoms with Gasteiger partial charge in [-0.2, -0.15) is 5.10 Å². The van der Waals surface area contributed by atoms with Crippen molar-refractivity contribution in [3.05, 3.63) is 30.3 Å². The lowest BCUT2D eigenvalue weighted by Crippen LogP contribution is -2.44. The van der Waals surface area contributed by atoms with E-state index in [-0.39, 0.29) is 5.91 Å². The Bertz CT molecular complexity index is 388. The maximum Gasteiger partial charge on any atom is 0.264 e. The number of rotatable bonds is 3. The molecule has 0 aromatic heterocycles. The first kappa shape index (κ1) is 9.67. The molecule has 1 aliphatic heterocycles. The molecule has 1 amide bonds. The smallest absolute Gasteiger partial charge is 0.264 e. The van der Waals surface area contributed by atoms with Crippen LogP contribution in [-0.4, -0.2) is 17.7 Å². The Kier molecular flexibility index (Phi) is 2.64. The maximum absolute atomic E-state index is 11.3. The van der Waals surface area contributed by atoms with Crippen molar-refractivity contribution in [3.8, 4) is 0 Å². The molecule has 2 rings (SSSR count). The van der Waals surface area contributed by atoms with Crippen LogP contribution < -0.4 is 16.3 Å². The van der Waals surface area contributed by atoms with Crippen LogP contribution in [0, 0.1) is 0 Å². The molecule has 1 aliphatic rings. The molecule has 0 saturated heterocycles. The van der Waals surface area contributed by atoms with Gasteiger partial charge >= 0.3 is 0 Å². The van der Waals surface area contributed by atoms with Crippen LogP contribution in [0.1, 0.15) is 6.92 Å². The van der Waals surface area contributed by atoms with E-state index in [1.54, 1.807) is 6.92 Å². The van der Waals surface area contributed by atoms with E-state index in [1.807, 2.05) is 30.3 Å². The largest absolute Gasteiger partial charge is 0.320 e. The van der Waals surface area contributed by atoms with E-state index >= 15 is 0 Å². The zero-order chi connectivity index (χ0) is 10.7. The number of hydrazine groups is 1. The van der Waals surface area contributed by atoms with Crippen LogP contribution in [0.4, 0.5) is 5.69 Å². The first-order valence-corrected chi connectivity index (χ1v) is 4.68. The highest BCUT2D eigenvalue weighted by Crippen LogP contribution is 2.04. The Morgan fingerprint density at radius 2 is 2.07 bits per heavy atom. The number of nitrogens with zero attached hydrogens (tertiary/aromatic N) is 1. The van der Waals surface area contributed by atoms with Gasteiger partial charge in [0, 0.05) is 5.69 Å². The number of nitrogens with one attached hydrogen (secondary N) is 3. The number of hydrazone groups is 1. The average molecular weight is 204 g/mol.